The van der Waals surface area contributed by atoms with Crippen molar-refractivity contribution in [2.24, 2.45) is 0 Å². The van der Waals surface area contributed by atoms with E-state index in [2.05, 4.69) is 28.2 Å². The molecule has 0 unspecified atom stereocenters. The summed E-state index contributed by atoms with van der Waals surface area (Å²) in [7, 11) is 0. The molecule has 0 spiro atoms. The molecule has 0 aliphatic rings. The van der Waals surface area contributed by atoms with Gasteiger partial charge in [-0.05, 0) is 59.1 Å². The van der Waals surface area contributed by atoms with Crippen LogP contribution in [0.4, 0.5) is 5.69 Å². The van der Waals surface area contributed by atoms with Gasteiger partial charge in [0.15, 0.2) is 6.61 Å². The summed E-state index contributed by atoms with van der Waals surface area (Å²) in [5.74, 6) is 1.07. The van der Waals surface area contributed by atoms with Crippen LogP contribution >= 0.6 is 15.9 Å². The lowest BCUT2D eigenvalue weighted by atomic mass is 10.2. The van der Waals surface area contributed by atoms with E-state index in [1.165, 1.54) is 5.56 Å². The Bertz CT molecular complexity index is 673. The van der Waals surface area contributed by atoms with Gasteiger partial charge in [-0.1, -0.05) is 25.1 Å². The number of ether oxygens (including phenoxy) is 2. The smallest absolute Gasteiger partial charge is 0.262 e. The summed E-state index contributed by atoms with van der Waals surface area (Å²) in [5.41, 5.74) is 1.85. The van der Waals surface area contributed by atoms with E-state index < -0.39 is 0 Å². The van der Waals surface area contributed by atoms with Gasteiger partial charge in [-0.3, -0.25) is 4.79 Å². The van der Waals surface area contributed by atoms with Crippen LogP contribution in [0.15, 0.2) is 46.9 Å². The van der Waals surface area contributed by atoms with E-state index in [1.54, 1.807) is 6.07 Å². The molecule has 0 fully saturated rings. The van der Waals surface area contributed by atoms with Crippen LogP contribution in [-0.2, 0) is 11.2 Å². The molecule has 0 saturated carbocycles. The number of anilines is 1. The molecule has 0 bridgehead atoms. The molecule has 5 heteroatoms. The number of halogens is 1. The Morgan fingerprint density at radius 2 is 1.87 bits per heavy atom. The molecule has 2 aromatic rings. The molecule has 0 aromatic heterocycles. The molecule has 1 N–H and O–H groups in total. The summed E-state index contributed by atoms with van der Waals surface area (Å²) in [6.07, 6.45) is 0.952. The highest BCUT2D eigenvalue weighted by Crippen LogP contribution is 2.27. The van der Waals surface area contributed by atoms with E-state index in [-0.39, 0.29) is 12.5 Å². The first-order chi connectivity index (χ1) is 11.1. The van der Waals surface area contributed by atoms with Crippen LogP contribution in [0, 0.1) is 0 Å². The minimum absolute atomic E-state index is 0.0649. The lowest BCUT2D eigenvalue weighted by Gasteiger charge is -2.12. The maximum Gasteiger partial charge on any atom is 0.262 e. The van der Waals surface area contributed by atoms with Gasteiger partial charge < -0.3 is 14.8 Å². The van der Waals surface area contributed by atoms with Crippen molar-refractivity contribution in [3.05, 3.63) is 52.5 Å². The maximum absolute atomic E-state index is 12.1. The van der Waals surface area contributed by atoms with Gasteiger partial charge >= 0.3 is 0 Å². The largest absolute Gasteiger partial charge is 0.492 e. The van der Waals surface area contributed by atoms with Crippen molar-refractivity contribution >= 4 is 27.5 Å². The van der Waals surface area contributed by atoms with Gasteiger partial charge in [0.25, 0.3) is 5.91 Å². The van der Waals surface area contributed by atoms with Crippen molar-refractivity contribution in [3.63, 3.8) is 0 Å². The van der Waals surface area contributed by atoms with Crippen LogP contribution in [0.1, 0.15) is 19.4 Å². The van der Waals surface area contributed by atoms with E-state index in [0.717, 1.165) is 10.9 Å². The van der Waals surface area contributed by atoms with Crippen LogP contribution in [0.2, 0.25) is 0 Å². The fourth-order valence-corrected chi connectivity index (χ4v) is 2.60. The molecule has 23 heavy (non-hydrogen) atoms. The van der Waals surface area contributed by atoms with E-state index in [0.29, 0.717) is 23.8 Å². The Balaban J connectivity index is 1.95. The Morgan fingerprint density at radius 3 is 2.57 bits per heavy atom. The second kappa shape index (κ2) is 8.58. The van der Waals surface area contributed by atoms with E-state index in [9.17, 15) is 4.79 Å². The zero-order valence-electron chi connectivity index (χ0n) is 13.3. The second-order valence-electron chi connectivity index (χ2n) is 4.88. The molecule has 0 saturated heterocycles. The lowest BCUT2D eigenvalue weighted by molar-refractivity contribution is -0.118. The number of hydrogen-bond donors (Lipinski definition) is 1. The summed E-state index contributed by atoms with van der Waals surface area (Å²) in [6.45, 7) is 4.47. The van der Waals surface area contributed by atoms with Crippen molar-refractivity contribution < 1.29 is 14.3 Å². The number of carbonyl (C=O) groups excluding carboxylic acids is 1. The zero-order valence-corrected chi connectivity index (χ0v) is 14.9. The quantitative estimate of drug-likeness (QED) is 0.776. The number of aryl methyl sites for hydroxylation is 1. The number of amides is 1. The maximum atomic E-state index is 12.1. The number of nitrogens with one attached hydrogen (secondary N) is 1. The fourth-order valence-electron chi connectivity index (χ4n) is 2.06. The molecule has 0 radical (unpaired) electrons. The summed E-state index contributed by atoms with van der Waals surface area (Å²) >= 11 is 3.46. The third-order valence-corrected chi connectivity index (χ3v) is 3.84. The average molecular weight is 378 g/mol. The number of para-hydroxylation sites is 2. The third kappa shape index (κ3) is 4.99. The molecule has 1 amide bonds. The number of benzene rings is 2. The van der Waals surface area contributed by atoms with Crippen LogP contribution in [0.25, 0.3) is 0 Å². The van der Waals surface area contributed by atoms with Crippen LogP contribution in [0.3, 0.4) is 0 Å². The first-order valence-corrected chi connectivity index (χ1v) is 8.36. The predicted molar refractivity (Wildman–Crippen MR) is 95.3 cm³/mol. The molecule has 122 valence electrons. The van der Waals surface area contributed by atoms with Gasteiger partial charge in [0, 0.05) is 0 Å². The Labute approximate surface area is 144 Å². The van der Waals surface area contributed by atoms with Gasteiger partial charge in [0.2, 0.25) is 0 Å². The monoisotopic (exact) mass is 377 g/mol. The standard InChI is InChI=1S/C18H20BrNO3/c1-3-13-9-10-16(14(19)11-13)23-12-18(21)20-15-7-5-6-8-17(15)22-4-2/h5-11H,3-4,12H2,1-2H3,(H,20,21). The number of hydrogen-bond acceptors (Lipinski definition) is 3. The molecule has 0 aliphatic carbocycles. The molecule has 4 nitrogen and oxygen atoms in total. The van der Waals surface area contributed by atoms with Gasteiger partial charge in [0.1, 0.15) is 11.5 Å². The van der Waals surface area contributed by atoms with Crippen LogP contribution < -0.4 is 14.8 Å². The van der Waals surface area contributed by atoms with Gasteiger partial charge in [-0.2, -0.15) is 0 Å². The summed E-state index contributed by atoms with van der Waals surface area (Å²) < 4.78 is 11.9. The van der Waals surface area contributed by atoms with Crippen molar-refractivity contribution in [2.45, 2.75) is 20.3 Å². The van der Waals surface area contributed by atoms with Crippen molar-refractivity contribution in [1.82, 2.24) is 0 Å². The van der Waals surface area contributed by atoms with Gasteiger partial charge in [-0.25, -0.2) is 0 Å². The first kappa shape index (κ1) is 17.3. The normalized spacial score (nSPS) is 10.2. The lowest BCUT2D eigenvalue weighted by Crippen LogP contribution is -2.20. The molecule has 0 heterocycles. The minimum Gasteiger partial charge on any atom is -0.492 e. The highest BCUT2D eigenvalue weighted by atomic mass is 79.9. The zero-order chi connectivity index (χ0) is 16.7. The van der Waals surface area contributed by atoms with E-state index >= 15 is 0 Å². The average Bonchev–Trinajstić information content (AvgIpc) is 2.55. The molecule has 0 aliphatic heterocycles. The van der Waals surface area contributed by atoms with Crippen molar-refractivity contribution in [1.29, 1.82) is 0 Å². The Morgan fingerprint density at radius 1 is 1.09 bits per heavy atom. The first-order valence-electron chi connectivity index (χ1n) is 7.57. The summed E-state index contributed by atoms with van der Waals surface area (Å²) in [5, 5.41) is 2.80. The molecular weight excluding hydrogens is 358 g/mol. The van der Waals surface area contributed by atoms with Gasteiger partial charge in [-0.15, -0.1) is 0 Å². The van der Waals surface area contributed by atoms with Gasteiger partial charge in [0.05, 0.1) is 16.8 Å². The third-order valence-electron chi connectivity index (χ3n) is 3.22. The minimum atomic E-state index is -0.233. The Kier molecular flexibility index (Phi) is 6.47. The number of rotatable bonds is 7. The van der Waals surface area contributed by atoms with Crippen LogP contribution in [-0.4, -0.2) is 19.1 Å². The molecule has 2 aromatic carbocycles. The predicted octanol–water partition coefficient (Wildman–Crippen LogP) is 4.43. The van der Waals surface area contributed by atoms with Crippen molar-refractivity contribution in [3.8, 4) is 11.5 Å². The molecule has 0 atom stereocenters. The summed E-state index contributed by atoms with van der Waals surface area (Å²) in [4.78, 5) is 12.1. The highest BCUT2D eigenvalue weighted by molar-refractivity contribution is 9.10. The second-order valence-corrected chi connectivity index (χ2v) is 5.74. The fraction of sp³-hybridized carbons (Fsp3) is 0.278. The Hall–Kier alpha value is -2.01. The SMILES string of the molecule is CCOc1ccccc1NC(=O)COc1ccc(CC)cc1Br. The number of carbonyl (C=O) groups is 1. The highest BCUT2D eigenvalue weighted by Gasteiger charge is 2.09. The molecular formula is C18H20BrNO3. The summed E-state index contributed by atoms with van der Waals surface area (Å²) in [6, 6.07) is 13.2. The van der Waals surface area contributed by atoms with Crippen LogP contribution in [0.5, 0.6) is 11.5 Å². The molecule has 2 rings (SSSR count). The van der Waals surface area contributed by atoms with E-state index in [1.807, 2.05) is 43.3 Å². The topological polar surface area (TPSA) is 47.6 Å². The van der Waals surface area contributed by atoms with E-state index in [4.69, 9.17) is 9.47 Å². The van der Waals surface area contributed by atoms with Crippen molar-refractivity contribution in [2.75, 3.05) is 18.5 Å².